The van der Waals surface area contributed by atoms with Crippen molar-refractivity contribution in [1.82, 2.24) is 24.6 Å². The van der Waals surface area contributed by atoms with E-state index in [0.29, 0.717) is 0 Å². The second kappa shape index (κ2) is 7.29. The maximum absolute atomic E-state index is 4.84. The Labute approximate surface area is 153 Å². The van der Waals surface area contributed by atoms with E-state index < -0.39 is 0 Å². The summed E-state index contributed by atoms with van der Waals surface area (Å²) in [5.41, 5.74) is 2.09. The summed E-state index contributed by atoms with van der Waals surface area (Å²) in [6.07, 6.45) is 1.83. The number of fused-ring (bicyclic) bond motifs is 1. The molecule has 0 unspecified atom stereocenters. The third kappa shape index (κ3) is 3.35. The highest BCUT2D eigenvalue weighted by Crippen LogP contribution is 2.24. The number of nitrogens with zero attached hydrogens (tertiary/aromatic N) is 6. The first-order chi connectivity index (χ1) is 12.7. The van der Waals surface area contributed by atoms with Crippen LogP contribution in [0.5, 0.6) is 0 Å². The first-order valence-corrected chi connectivity index (χ1v) is 9.19. The normalized spacial score (nSPS) is 15.5. The number of aromatic nitrogens is 4. The lowest BCUT2D eigenvalue weighted by molar-refractivity contribution is 0.270. The van der Waals surface area contributed by atoms with E-state index in [2.05, 4.69) is 51.4 Å². The van der Waals surface area contributed by atoms with Crippen molar-refractivity contribution in [3.63, 3.8) is 0 Å². The molecular formula is C19H25N7. The molecule has 136 valence electrons. The number of rotatable bonds is 5. The molecule has 3 heterocycles. The monoisotopic (exact) mass is 351 g/mol. The van der Waals surface area contributed by atoms with Gasteiger partial charge in [-0.25, -0.2) is 0 Å². The largest absolute Gasteiger partial charge is 0.365 e. The number of hydrogen-bond acceptors (Lipinski definition) is 6. The Morgan fingerprint density at radius 2 is 1.81 bits per heavy atom. The smallest absolute Gasteiger partial charge is 0.229 e. The minimum atomic E-state index is 0.727. The van der Waals surface area contributed by atoms with Gasteiger partial charge in [0.15, 0.2) is 5.65 Å². The van der Waals surface area contributed by atoms with Gasteiger partial charge < -0.3 is 15.1 Å². The van der Waals surface area contributed by atoms with Crippen LogP contribution in [-0.2, 0) is 13.6 Å². The zero-order valence-corrected chi connectivity index (χ0v) is 15.4. The highest BCUT2D eigenvalue weighted by molar-refractivity contribution is 5.87. The second-order valence-electron chi connectivity index (χ2n) is 6.64. The number of aryl methyl sites for hydroxylation is 1. The van der Waals surface area contributed by atoms with Crippen LogP contribution < -0.4 is 10.2 Å². The van der Waals surface area contributed by atoms with Gasteiger partial charge in [-0.3, -0.25) is 4.68 Å². The zero-order chi connectivity index (χ0) is 17.9. The van der Waals surface area contributed by atoms with E-state index in [-0.39, 0.29) is 0 Å². The topological polar surface area (TPSA) is 62.1 Å². The Hall–Kier alpha value is -2.67. The highest BCUT2D eigenvalue weighted by Gasteiger charge is 2.20. The highest BCUT2D eigenvalue weighted by atomic mass is 15.4. The van der Waals surface area contributed by atoms with Crippen LogP contribution in [0.25, 0.3) is 11.0 Å². The molecule has 1 saturated heterocycles. The van der Waals surface area contributed by atoms with Crippen molar-refractivity contribution in [2.24, 2.45) is 7.05 Å². The first kappa shape index (κ1) is 16.8. The van der Waals surface area contributed by atoms with Crippen molar-refractivity contribution in [1.29, 1.82) is 0 Å². The van der Waals surface area contributed by atoms with Gasteiger partial charge in [-0.05, 0) is 12.1 Å². The van der Waals surface area contributed by atoms with Crippen LogP contribution in [0, 0.1) is 0 Å². The molecule has 3 aromatic rings. The third-order valence-electron chi connectivity index (χ3n) is 4.99. The van der Waals surface area contributed by atoms with Crippen molar-refractivity contribution < 1.29 is 0 Å². The lowest BCUT2D eigenvalue weighted by atomic mass is 10.2. The van der Waals surface area contributed by atoms with Gasteiger partial charge in [0, 0.05) is 39.8 Å². The zero-order valence-electron chi connectivity index (χ0n) is 15.4. The summed E-state index contributed by atoms with van der Waals surface area (Å²) >= 11 is 0. The molecule has 0 amide bonds. The SMILES string of the molecule is CCN1CCN(c2nc(NCc3ccccc3)c3cnn(C)c3n2)CC1. The number of likely N-dealkylation sites (N-methyl/N-ethyl adjacent to an activating group) is 1. The minimum Gasteiger partial charge on any atom is -0.365 e. The van der Waals surface area contributed by atoms with Crippen LogP contribution in [0.4, 0.5) is 11.8 Å². The van der Waals surface area contributed by atoms with Gasteiger partial charge in [-0.15, -0.1) is 0 Å². The van der Waals surface area contributed by atoms with Gasteiger partial charge >= 0.3 is 0 Å². The van der Waals surface area contributed by atoms with E-state index in [1.54, 1.807) is 0 Å². The second-order valence-corrected chi connectivity index (χ2v) is 6.64. The molecule has 7 nitrogen and oxygen atoms in total. The molecule has 2 aromatic heterocycles. The molecule has 0 radical (unpaired) electrons. The molecule has 0 saturated carbocycles. The van der Waals surface area contributed by atoms with Gasteiger partial charge in [-0.1, -0.05) is 37.3 Å². The summed E-state index contributed by atoms with van der Waals surface area (Å²) < 4.78 is 1.82. The molecule has 7 heteroatoms. The van der Waals surface area contributed by atoms with Crippen LogP contribution >= 0.6 is 0 Å². The van der Waals surface area contributed by atoms with Crippen molar-refractivity contribution in [3.05, 3.63) is 42.1 Å². The van der Waals surface area contributed by atoms with Gasteiger partial charge in [-0.2, -0.15) is 15.1 Å². The van der Waals surface area contributed by atoms with E-state index in [1.165, 1.54) is 5.56 Å². The predicted molar refractivity (Wildman–Crippen MR) is 104 cm³/mol. The van der Waals surface area contributed by atoms with Crippen LogP contribution in [0.3, 0.4) is 0 Å². The molecule has 1 aliphatic rings. The molecule has 1 aromatic carbocycles. The number of piperazine rings is 1. The van der Waals surface area contributed by atoms with E-state index in [0.717, 1.165) is 62.1 Å². The molecule has 26 heavy (non-hydrogen) atoms. The Morgan fingerprint density at radius 3 is 2.54 bits per heavy atom. The van der Waals surface area contributed by atoms with Gasteiger partial charge in [0.25, 0.3) is 0 Å². The summed E-state index contributed by atoms with van der Waals surface area (Å²) in [5.74, 6) is 1.63. The van der Waals surface area contributed by atoms with Crippen molar-refractivity contribution in [3.8, 4) is 0 Å². The van der Waals surface area contributed by atoms with Gasteiger partial charge in [0.1, 0.15) is 5.82 Å². The predicted octanol–water partition coefficient (Wildman–Crippen LogP) is 2.12. The van der Waals surface area contributed by atoms with E-state index >= 15 is 0 Å². The molecule has 4 rings (SSSR count). The van der Waals surface area contributed by atoms with E-state index in [9.17, 15) is 0 Å². The fraction of sp³-hybridized carbons (Fsp3) is 0.421. The summed E-state index contributed by atoms with van der Waals surface area (Å²) in [5, 5.41) is 8.80. The van der Waals surface area contributed by atoms with Crippen molar-refractivity contribution in [2.75, 3.05) is 42.9 Å². The van der Waals surface area contributed by atoms with Crippen LogP contribution in [0.2, 0.25) is 0 Å². The van der Waals surface area contributed by atoms with Crippen LogP contribution in [0.1, 0.15) is 12.5 Å². The third-order valence-corrected chi connectivity index (χ3v) is 4.99. The lowest BCUT2D eigenvalue weighted by Crippen LogP contribution is -2.46. The lowest BCUT2D eigenvalue weighted by Gasteiger charge is -2.34. The van der Waals surface area contributed by atoms with E-state index in [4.69, 9.17) is 9.97 Å². The number of hydrogen-bond donors (Lipinski definition) is 1. The van der Waals surface area contributed by atoms with Gasteiger partial charge in [0.05, 0.1) is 11.6 Å². The maximum atomic E-state index is 4.84. The molecule has 0 spiro atoms. The van der Waals surface area contributed by atoms with Crippen molar-refractivity contribution >= 4 is 22.8 Å². The quantitative estimate of drug-likeness (QED) is 0.760. The summed E-state index contributed by atoms with van der Waals surface area (Å²) in [7, 11) is 1.93. The van der Waals surface area contributed by atoms with E-state index in [1.807, 2.05) is 24.0 Å². The maximum Gasteiger partial charge on any atom is 0.229 e. The summed E-state index contributed by atoms with van der Waals surface area (Å²) in [4.78, 5) is 14.3. The van der Waals surface area contributed by atoms with Crippen molar-refractivity contribution in [2.45, 2.75) is 13.5 Å². The van der Waals surface area contributed by atoms with Gasteiger partial charge in [0.2, 0.25) is 5.95 Å². The fourth-order valence-electron chi connectivity index (χ4n) is 3.33. The number of nitrogens with one attached hydrogen (secondary N) is 1. The average molecular weight is 351 g/mol. The van der Waals surface area contributed by atoms with Crippen LogP contribution in [0.15, 0.2) is 36.5 Å². The Kier molecular flexibility index (Phi) is 4.71. The Bertz CT molecular complexity index is 866. The summed E-state index contributed by atoms with van der Waals surface area (Å²) in [6.45, 7) is 8.04. The standard InChI is InChI=1S/C19H25N7/c1-3-25-9-11-26(12-10-25)19-22-17(16-14-21-24(2)18(16)23-19)20-13-15-7-5-4-6-8-15/h4-8,14H,3,9-13H2,1-2H3,(H,20,22,23). The minimum absolute atomic E-state index is 0.727. The molecule has 1 fully saturated rings. The average Bonchev–Trinajstić information content (AvgIpc) is 3.08. The molecule has 1 N–H and O–H groups in total. The number of anilines is 2. The first-order valence-electron chi connectivity index (χ1n) is 9.19. The molecule has 1 aliphatic heterocycles. The molecule has 0 bridgehead atoms. The Balaban J connectivity index is 1.61. The molecular weight excluding hydrogens is 326 g/mol. The summed E-state index contributed by atoms with van der Waals surface area (Å²) in [6, 6.07) is 10.4. The molecule has 0 aliphatic carbocycles. The Morgan fingerprint density at radius 1 is 1.04 bits per heavy atom. The van der Waals surface area contributed by atoms with Crippen LogP contribution in [-0.4, -0.2) is 57.4 Å². The fourth-order valence-corrected chi connectivity index (χ4v) is 3.33. The molecule has 0 atom stereocenters. The number of benzene rings is 1.